The normalized spacial score (nSPS) is 43.5. The van der Waals surface area contributed by atoms with E-state index in [1.54, 1.807) is 0 Å². The van der Waals surface area contributed by atoms with Crippen LogP contribution in [0.1, 0.15) is 0 Å². The SMILES string of the molecule is N[C@@H]1C(=O)OC[C@@H](O)[C@@H](O)[C@@H]1O. The molecule has 1 aliphatic heterocycles. The fraction of sp³-hybridized carbons (Fsp3) is 0.833. The third-order valence-corrected chi connectivity index (χ3v) is 1.78. The number of hydrogen-bond donors (Lipinski definition) is 4. The van der Waals surface area contributed by atoms with Gasteiger partial charge in [0.25, 0.3) is 0 Å². The molecule has 0 aromatic rings. The Labute approximate surface area is 68.6 Å². The molecule has 1 saturated heterocycles. The first-order valence-electron chi connectivity index (χ1n) is 3.50. The van der Waals surface area contributed by atoms with Gasteiger partial charge in [0.1, 0.15) is 31.0 Å². The Morgan fingerprint density at radius 1 is 1.33 bits per heavy atom. The molecule has 0 bridgehead atoms. The smallest absolute Gasteiger partial charge is 0.325 e. The summed E-state index contributed by atoms with van der Waals surface area (Å²) in [5, 5.41) is 27.3. The van der Waals surface area contributed by atoms with Crippen molar-refractivity contribution in [3.8, 4) is 0 Å². The van der Waals surface area contributed by atoms with Crippen molar-refractivity contribution in [3.63, 3.8) is 0 Å². The average Bonchev–Trinajstić information content (AvgIpc) is 2.14. The molecule has 1 fully saturated rings. The lowest BCUT2D eigenvalue weighted by Gasteiger charge is -2.19. The van der Waals surface area contributed by atoms with Crippen LogP contribution in [0, 0.1) is 0 Å². The van der Waals surface area contributed by atoms with Crippen LogP contribution < -0.4 is 5.73 Å². The average molecular weight is 177 g/mol. The van der Waals surface area contributed by atoms with Crippen molar-refractivity contribution < 1.29 is 24.9 Å². The molecule has 0 spiro atoms. The second kappa shape index (κ2) is 3.36. The molecule has 0 aromatic carbocycles. The fourth-order valence-electron chi connectivity index (χ4n) is 0.942. The summed E-state index contributed by atoms with van der Waals surface area (Å²) in [4.78, 5) is 10.8. The van der Waals surface area contributed by atoms with Gasteiger partial charge in [-0.1, -0.05) is 0 Å². The molecule has 0 radical (unpaired) electrons. The van der Waals surface area contributed by atoms with Gasteiger partial charge in [-0.05, 0) is 0 Å². The highest BCUT2D eigenvalue weighted by molar-refractivity contribution is 5.76. The quantitative estimate of drug-likeness (QED) is 0.292. The lowest BCUT2D eigenvalue weighted by Crippen LogP contribution is -2.49. The number of aliphatic hydroxyl groups is 3. The van der Waals surface area contributed by atoms with Gasteiger partial charge >= 0.3 is 5.97 Å². The minimum Gasteiger partial charge on any atom is -0.462 e. The molecule has 5 N–H and O–H groups in total. The van der Waals surface area contributed by atoms with E-state index in [1.165, 1.54) is 0 Å². The summed E-state index contributed by atoms with van der Waals surface area (Å²) >= 11 is 0. The topological polar surface area (TPSA) is 113 Å². The Morgan fingerprint density at radius 3 is 2.50 bits per heavy atom. The lowest BCUT2D eigenvalue weighted by atomic mass is 10.0. The number of aliphatic hydroxyl groups excluding tert-OH is 3. The highest BCUT2D eigenvalue weighted by Crippen LogP contribution is 2.10. The number of hydrogen-bond acceptors (Lipinski definition) is 6. The minimum atomic E-state index is -1.48. The van der Waals surface area contributed by atoms with E-state index in [4.69, 9.17) is 21.1 Å². The zero-order valence-electron chi connectivity index (χ0n) is 6.25. The third-order valence-electron chi connectivity index (χ3n) is 1.78. The Balaban J connectivity index is 2.75. The van der Waals surface area contributed by atoms with Gasteiger partial charge in [-0.25, -0.2) is 0 Å². The molecule has 0 amide bonds. The molecule has 0 saturated carbocycles. The maximum Gasteiger partial charge on any atom is 0.325 e. The van der Waals surface area contributed by atoms with Gasteiger partial charge in [0.15, 0.2) is 0 Å². The van der Waals surface area contributed by atoms with Gasteiger partial charge in [-0.3, -0.25) is 4.79 Å². The van der Waals surface area contributed by atoms with E-state index in [1.807, 2.05) is 0 Å². The highest BCUT2D eigenvalue weighted by Gasteiger charge is 2.38. The maximum atomic E-state index is 10.8. The van der Waals surface area contributed by atoms with Gasteiger partial charge in [0.2, 0.25) is 0 Å². The summed E-state index contributed by atoms with van der Waals surface area (Å²) in [5.74, 6) is -0.821. The van der Waals surface area contributed by atoms with Crippen molar-refractivity contribution in [1.29, 1.82) is 0 Å². The standard InChI is InChI=1S/C6H11NO5/c7-3-5(10)4(9)2(8)1-12-6(3)11/h2-5,8-10H,1,7H2/t2-,3+,4-,5-/m1/s1. The first-order chi connectivity index (χ1) is 5.54. The fourth-order valence-corrected chi connectivity index (χ4v) is 0.942. The maximum absolute atomic E-state index is 10.8. The second-order valence-electron chi connectivity index (χ2n) is 2.70. The van der Waals surface area contributed by atoms with Gasteiger partial charge in [0, 0.05) is 0 Å². The van der Waals surface area contributed by atoms with Crippen molar-refractivity contribution in [2.75, 3.05) is 6.61 Å². The van der Waals surface area contributed by atoms with E-state index in [0.717, 1.165) is 0 Å². The zero-order valence-corrected chi connectivity index (χ0v) is 6.25. The molecule has 0 unspecified atom stereocenters. The Hall–Kier alpha value is -0.690. The first-order valence-corrected chi connectivity index (χ1v) is 3.50. The van der Waals surface area contributed by atoms with Crippen LogP contribution in [-0.4, -0.2) is 52.2 Å². The lowest BCUT2D eigenvalue weighted by molar-refractivity contribution is -0.147. The van der Waals surface area contributed by atoms with Crippen LogP contribution in [0.2, 0.25) is 0 Å². The van der Waals surface area contributed by atoms with Crippen molar-refractivity contribution in [3.05, 3.63) is 0 Å². The van der Waals surface area contributed by atoms with Crippen LogP contribution in [-0.2, 0) is 9.53 Å². The third kappa shape index (κ3) is 1.56. The van der Waals surface area contributed by atoms with E-state index in [0.29, 0.717) is 0 Å². The van der Waals surface area contributed by atoms with Crippen molar-refractivity contribution >= 4 is 5.97 Å². The Bertz CT molecular complexity index is 185. The van der Waals surface area contributed by atoms with Crippen LogP contribution in [0.3, 0.4) is 0 Å². The summed E-state index contributed by atoms with van der Waals surface area (Å²) < 4.78 is 4.43. The van der Waals surface area contributed by atoms with Crippen LogP contribution in [0.4, 0.5) is 0 Å². The van der Waals surface area contributed by atoms with Crippen LogP contribution in [0.5, 0.6) is 0 Å². The van der Waals surface area contributed by atoms with E-state index in [-0.39, 0.29) is 6.61 Å². The Morgan fingerprint density at radius 2 is 1.92 bits per heavy atom. The number of ether oxygens (including phenoxy) is 1. The van der Waals surface area contributed by atoms with E-state index in [9.17, 15) is 4.79 Å². The number of cyclic esters (lactones) is 1. The van der Waals surface area contributed by atoms with Gasteiger partial charge in [-0.15, -0.1) is 0 Å². The summed E-state index contributed by atoms with van der Waals surface area (Å²) in [6, 6.07) is -1.29. The molecule has 1 rings (SSSR count). The molecular weight excluding hydrogens is 166 g/mol. The predicted molar refractivity (Wildman–Crippen MR) is 37.0 cm³/mol. The van der Waals surface area contributed by atoms with E-state index >= 15 is 0 Å². The highest BCUT2D eigenvalue weighted by atomic mass is 16.5. The molecule has 12 heavy (non-hydrogen) atoms. The molecule has 0 aliphatic carbocycles. The monoisotopic (exact) mass is 177 g/mol. The van der Waals surface area contributed by atoms with Crippen LogP contribution in [0.25, 0.3) is 0 Å². The summed E-state index contributed by atoms with van der Waals surface area (Å²) in [7, 11) is 0. The minimum absolute atomic E-state index is 0.342. The van der Waals surface area contributed by atoms with Crippen molar-refractivity contribution in [2.24, 2.45) is 5.73 Å². The van der Waals surface area contributed by atoms with Crippen LogP contribution in [0.15, 0.2) is 0 Å². The molecule has 70 valence electrons. The van der Waals surface area contributed by atoms with E-state index in [2.05, 4.69) is 4.74 Å². The molecule has 6 nitrogen and oxygen atoms in total. The molecule has 1 aliphatic rings. The molecule has 4 atom stereocenters. The first kappa shape index (κ1) is 9.40. The number of rotatable bonds is 0. The number of nitrogens with two attached hydrogens (primary N) is 1. The van der Waals surface area contributed by atoms with E-state index < -0.39 is 30.3 Å². The predicted octanol–water partition coefficient (Wildman–Crippen LogP) is -3.05. The molecule has 6 heteroatoms. The summed E-state index contributed by atoms with van der Waals surface area (Å²) in [5.41, 5.74) is 5.18. The molecule has 0 aromatic heterocycles. The second-order valence-corrected chi connectivity index (χ2v) is 2.70. The number of carbonyl (C=O) groups excluding carboxylic acids is 1. The molecular formula is C6H11NO5. The van der Waals surface area contributed by atoms with Crippen LogP contribution >= 0.6 is 0 Å². The van der Waals surface area contributed by atoms with Gasteiger partial charge in [-0.2, -0.15) is 0 Å². The number of esters is 1. The Kier molecular flexibility index (Phi) is 2.63. The number of carbonyl (C=O) groups is 1. The zero-order chi connectivity index (χ0) is 9.30. The summed E-state index contributed by atoms with van der Waals surface area (Å²) in [6.07, 6.45) is -4.20. The van der Waals surface area contributed by atoms with Crippen molar-refractivity contribution in [1.82, 2.24) is 0 Å². The largest absolute Gasteiger partial charge is 0.462 e. The van der Waals surface area contributed by atoms with Gasteiger partial charge < -0.3 is 25.8 Å². The molecule has 1 heterocycles. The van der Waals surface area contributed by atoms with Gasteiger partial charge in [0.05, 0.1) is 0 Å². The van der Waals surface area contributed by atoms with Crippen molar-refractivity contribution in [2.45, 2.75) is 24.4 Å². The summed E-state index contributed by atoms with van der Waals surface area (Å²) in [6.45, 7) is -0.342.